The molecular formula is C28H32F2O7S. The number of esters is 1. The molecule has 38 heavy (non-hydrogen) atoms. The maximum Gasteiger partial charge on any atom is 0.375 e. The second kappa shape index (κ2) is 9.13. The molecule has 2 unspecified atom stereocenters. The van der Waals surface area contributed by atoms with Crippen LogP contribution >= 0.6 is 11.8 Å². The molecule has 3 fully saturated rings. The average molecular weight is 551 g/mol. The van der Waals surface area contributed by atoms with Crippen molar-refractivity contribution in [2.75, 3.05) is 12.4 Å². The van der Waals surface area contributed by atoms with Crippen LogP contribution in [0.15, 0.2) is 46.6 Å². The maximum atomic E-state index is 17.4. The van der Waals surface area contributed by atoms with Gasteiger partial charge in [0.25, 0.3) is 0 Å². The summed E-state index contributed by atoms with van der Waals surface area (Å²) in [5.41, 5.74) is -6.89. The summed E-state index contributed by atoms with van der Waals surface area (Å²) in [4.78, 5) is 39.1. The lowest BCUT2D eigenvalue weighted by molar-refractivity contribution is -0.221. The van der Waals surface area contributed by atoms with Crippen molar-refractivity contribution in [3.63, 3.8) is 0 Å². The van der Waals surface area contributed by atoms with Gasteiger partial charge in [-0.3, -0.25) is 9.59 Å². The minimum absolute atomic E-state index is 0.0162. The highest BCUT2D eigenvalue weighted by Gasteiger charge is 2.78. The van der Waals surface area contributed by atoms with Crippen LogP contribution in [0.3, 0.4) is 0 Å². The molecule has 0 aliphatic heterocycles. The first-order chi connectivity index (χ1) is 17.9. The second-order valence-corrected chi connectivity index (χ2v) is 12.5. The number of carbonyl (C=O) groups is 3. The SMILES string of the molecule is C[C@@H]1CC2C3C[C@H](F)C4=CC(=O)C=C[C@]4(C)[C@@]3(F)[C@@H](O)C[C@]2(C)[C@@]1(OC(=O)c1ccco1)C(=O)SCCO. The zero-order chi connectivity index (χ0) is 27.7. The Morgan fingerprint density at radius 2 is 2.00 bits per heavy atom. The van der Waals surface area contributed by atoms with Gasteiger partial charge in [0.15, 0.2) is 17.1 Å². The van der Waals surface area contributed by atoms with E-state index in [1.54, 1.807) is 13.8 Å². The number of hydrogen-bond acceptors (Lipinski definition) is 8. The number of ketones is 1. The molecule has 0 saturated heterocycles. The lowest BCUT2D eigenvalue weighted by atomic mass is 9.44. The molecule has 10 heteroatoms. The molecule has 3 saturated carbocycles. The van der Waals surface area contributed by atoms with Gasteiger partial charge in [-0.05, 0) is 62.0 Å². The third-order valence-electron chi connectivity index (χ3n) is 9.77. The Morgan fingerprint density at radius 3 is 2.66 bits per heavy atom. The molecule has 0 bridgehead atoms. The van der Waals surface area contributed by atoms with Crippen LogP contribution in [0.2, 0.25) is 0 Å². The Labute approximate surface area is 223 Å². The van der Waals surface area contributed by atoms with Crippen molar-refractivity contribution in [2.45, 2.75) is 63.6 Å². The van der Waals surface area contributed by atoms with E-state index in [9.17, 15) is 24.6 Å². The molecule has 1 aromatic rings. The smallest absolute Gasteiger partial charge is 0.375 e. The number of rotatable bonds is 5. The van der Waals surface area contributed by atoms with Crippen molar-refractivity contribution in [3.8, 4) is 0 Å². The van der Waals surface area contributed by atoms with Gasteiger partial charge in [0.1, 0.15) is 6.17 Å². The van der Waals surface area contributed by atoms with Crippen LogP contribution < -0.4 is 0 Å². The lowest BCUT2D eigenvalue weighted by Gasteiger charge is -2.63. The fourth-order valence-electron chi connectivity index (χ4n) is 8.05. The number of alkyl halides is 2. The van der Waals surface area contributed by atoms with Crippen molar-refractivity contribution in [3.05, 3.63) is 48.0 Å². The summed E-state index contributed by atoms with van der Waals surface area (Å²) in [6.07, 6.45) is 1.49. The second-order valence-electron chi connectivity index (χ2n) is 11.5. The molecule has 9 atom stereocenters. The van der Waals surface area contributed by atoms with Crippen molar-refractivity contribution >= 4 is 28.6 Å². The highest BCUT2D eigenvalue weighted by atomic mass is 32.2. The number of hydrogen-bond donors (Lipinski definition) is 2. The summed E-state index contributed by atoms with van der Waals surface area (Å²) in [5, 5.41) is 20.4. The van der Waals surface area contributed by atoms with Crippen LogP contribution in [-0.2, 0) is 14.3 Å². The van der Waals surface area contributed by atoms with Gasteiger partial charge in [0.05, 0.1) is 19.0 Å². The van der Waals surface area contributed by atoms with Gasteiger partial charge >= 0.3 is 5.97 Å². The minimum Gasteiger partial charge on any atom is -0.457 e. The summed E-state index contributed by atoms with van der Waals surface area (Å²) in [7, 11) is 0. The molecule has 7 nitrogen and oxygen atoms in total. The first kappa shape index (κ1) is 27.3. The third kappa shape index (κ3) is 3.42. The predicted molar refractivity (Wildman–Crippen MR) is 135 cm³/mol. The number of thioether (sulfide) groups is 1. The maximum absolute atomic E-state index is 17.4. The first-order valence-corrected chi connectivity index (χ1v) is 13.9. The van der Waals surface area contributed by atoms with Crippen LogP contribution in [0, 0.1) is 28.6 Å². The van der Waals surface area contributed by atoms with Crippen LogP contribution in [0.5, 0.6) is 0 Å². The topological polar surface area (TPSA) is 114 Å². The van der Waals surface area contributed by atoms with E-state index in [0.29, 0.717) is 0 Å². The molecule has 1 heterocycles. The predicted octanol–water partition coefficient (Wildman–Crippen LogP) is 3.99. The third-order valence-corrected chi connectivity index (χ3v) is 10.7. The molecule has 4 aliphatic rings. The van der Waals surface area contributed by atoms with Gasteiger partial charge in [0.2, 0.25) is 10.9 Å². The normalized spacial score (nSPS) is 43.6. The Morgan fingerprint density at radius 1 is 1.26 bits per heavy atom. The lowest BCUT2D eigenvalue weighted by Crippen LogP contribution is -2.70. The highest BCUT2D eigenvalue weighted by Crippen LogP contribution is 2.72. The van der Waals surface area contributed by atoms with E-state index < -0.39 is 69.0 Å². The number of carbonyl (C=O) groups excluding carboxylic acids is 3. The number of fused-ring (bicyclic) bond motifs is 5. The van der Waals surface area contributed by atoms with Crippen molar-refractivity contribution < 1.29 is 42.5 Å². The Hall–Kier alpha value is -2.30. The Bertz CT molecular complexity index is 1210. The Balaban J connectivity index is 1.63. The molecule has 0 spiro atoms. The molecule has 4 aliphatic carbocycles. The number of aliphatic hydroxyl groups excluding tert-OH is 2. The van der Waals surface area contributed by atoms with E-state index in [-0.39, 0.29) is 43.0 Å². The zero-order valence-electron chi connectivity index (χ0n) is 21.5. The average Bonchev–Trinajstić information content (AvgIpc) is 3.48. The molecule has 0 radical (unpaired) electrons. The Kier molecular flexibility index (Phi) is 6.55. The number of ether oxygens (including phenoxy) is 1. The summed E-state index contributed by atoms with van der Waals surface area (Å²) < 4.78 is 44.4. The van der Waals surface area contributed by atoms with Crippen molar-refractivity contribution in [2.24, 2.45) is 28.6 Å². The van der Waals surface area contributed by atoms with Gasteiger partial charge < -0.3 is 19.4 Å². The summed E-state index contributed by atoms with van der Waals surface area (Å²) in [6, 6.07) is 2.91. The summed E-state index contributed by atoms with van der Waals surface area (Å²) >= 11 is 0.814. The van der Waals surface area contributed by atoms with E-state index >= 15 is 8.78 Å². The van der Waals surface area contributed by atoms with Crippen LogP contribution in [-0.4, -0.2) is 63.0 Å². The zero-order valence-corrected chi connectivity index (χ0v) is 22.3. The van der Waals surface area contributed by atoms with E-state index in [4.69, 9.17) is 9.15 Å². The minimum atomic E-state index is -2.31. The molecule has 0 aromatic carbocycles. The van der Waals surface area contributed by atoms with Crippen LogP contribution in [0.25, 0.3) is 0 Å². The largest absolute Gasteiger partial charge is 0.457 e. The highest BCUT2D eigenvalue weighted by molar-refractivity contribution is 8.13. The van der Waals surface area contributed by atoms with Gasteiger partial charge in [-0.15, -0.1) is 0 Å². The van der Waals surface area contributed by atoms with E-state index in [0.717, 1.165) is 17.8 Å². The van der Waals surface area contributed by atoms with Crippen molar-refractivity contribution in [1.82, 2.24) is 0 Å². The summed E-state index contributed by atoms with van der Waals surface area (Å²) in [6.45, 7) is 4.67. The number of halogens is 2. The van der Waals surface area contributed by atoms with Gasteiger partial charge in [0, 0.05) is 28.4 Å². The molecular weight excluding hydrogens is 518 g/mol. The molecule has 0 amide bonds. The van der Waals surface area contributed by atoms with E-state index in [1.165, 1.54) is 37.5 Å². The standard InChI is InChI=1S/C28H32F2O7S/c1-15-11-17-18-13-20(29)19-12-16(32)6-7-25(19,2)27(18,30)22(33)14-26(17,3)28(15,24(35)38-10-8-31)37-23(34)21-5-4-9-36-21/h4-7,9,12,15,17-18,20,22,31,33H,8,10-11,13-14H2,1-3H3/t15-,17?,18?,20+,22+,25+,26+,27+,28+/m1/s1. The molecule has 5 rings (SSSR count). The van der Waals surface area contributed by atoms with Gasteiger partial charge in [-0.2, -0.15) is 0 Å². The fraction of sp³-hybridized carbons (Fsp3) is 0.607. The molecule has 2 N–H and O–H groups in total. The fourth-order valence-corrected chi connectivity index (χ4v) is 9.02. The molecule has 206 valence electrons. The van der Waals surface area contributed by atoms with Crippen molar-refractivity contribution in [1.29, 1.82) is 0 Å². The van der Waals surface area contributed by atoms with Gasteiger partial charge in [-0.25, -0.2) is 13.6 Å². The quantitative estimate of drug-likeness (QED) is 0.529. The first-order valence-electron chi connectivity index (χ1n) is 12.9. The van der Waals surface area contributed by atoms with Crippen LogP contribution in [0.1, 0.15) is 50.6 Å². The number of aliphatic hydroxyl groups is 2. The monoisotopic (exact) mass is 550 g/mol. The number of allylic oxidation sites excluding steroid dienone is 4. The molecule has 1 aromatic heterocycles. The number of furan rings is 1. The van der Waals surface area contributed by atoms with Crippen LogP contribution in [0.4, 0.5) is 8.78 Å². The van der Waals surface area contributed by atoms with E-state index in [2.05, 4.69) is 0 Å². The van der Waals surface area contributed by atoms with Gasteiger partial charge in [-0.1, -0.05) is 31.7 Å². The summed E-state index contributed by atoms with van der Waals surface area (Å²) in [5.74, 6) is -3.60. The van der Waals surface area contributed by atoms with E-state index in [1.807, 2.05) is 0 Å².